The molecule has 2 aliphatic heterocycles. The van der Waals surface area contributed by atoms with E-state index >= 15 is 4.39 Å². The number of anilines is 1. The molecule has 0 unspecified atom stereocenters. The summed E-state index contributed by atoms with van der Waals surface area (Å²) in [5.74, 6) is -3.19. The maximum atomic E-state index is 15.1. The van der Waals surface area contributed by atoms with E-state index in [1.807, 2.05) is 45.0 Å². The number of hydrogen-bond donors (Lipinski definition) is 1. The van der Waals surface area contributed by atoms with Crippen molar-refractivity contribution in [1.82, 2.24) is 14.7 Å². The SMILES string of the molecule is COCC(=O)N1CCC(N(C)c2cc(F)cc(/C=C(\C)[C@H]3C(=O)C(=O)C[C@@H](O)CC[C@@H](C)[C@@H](OC(=O)N4CCN(C)CC4)/C=C/[C@@H]3C)c2)CC1. The summed E-state index contributed by atoms with van der Waals surface area (Å²) in [7, 11) is 5.42. The fourth-order valence-electron chi connectivity index (χ4n) is 7.15. The van der Waals surface area contributed by atoms with Gasteiger partial charge in [0, 0.05) is 71.6 Å². The van der Waals surface area contributed by atoms with Gasteiger partial charge in [0.25, 0.3) is 0 Å². The monoisotopic (exact) mass is 698 g/mol. The first kappa shape index (κ1) is 39.2. The van der Waals surface area contributed by atoms with Crippen molar-refractivity contribution in [2.75, 3.05) is 72.0 Å². The van der Waals surface area contributed by atoms with Gasteiger partial charge in [-0.15, -0.1) is 0 Å². The van der Waals surface area contributed by atoms with Crippen LogP contribution in [-0.4, -0.2) is 129 Å². The first-order valence-electron chi connectivity index (χ1n) is 17.8. The number of amides is 2. The molecule has 2 amide bonds. The van der Waals surface area contributed by atoms with Crippen LogP contribution in [0.1, 0.15) is 58.4 Å². The zero-order valence-electron chi connectivity index (χ0n) is 30.5. The average Bonchev–Trinajstić information content (AvgIpc) is 3.08. The van der Waals surface area contributed by atoms with E-state index in [0.29, 0.717) is 49.4 Å². The van der Waals surface area contributed by atoms with Crippen LogP contribution < -0.4 is 4.90 Å². The fraction of sp³-hybridized carbons (Fsp3) is 0.632. The molecule has 4 rings (SSSR count). The first-order valence-corrected chi connectivity index (χ1v) is 17.8. The van der Waals surface area contributed by atoms with E-state index in [0.717, 1.165) is 25.9 Å². The van der Waals surface area contributed by atoms with Gasteiger partial charge in [-0.2, -0.15) is 0 Å². The van der Waals surface area contributed by atoms with Gasteiger partial charge in [0.2, 0.25) is 17.5 Å². The Hall–Kier alpha value is -3.61. The van der Waals surface area contributed by atoms with Gasteiger partial charge in [-0.1, -0.05) is 31.6 Å². The molecule has 1 aromatic rings. The van der Waals surface area contributed by atoms with Crippen molar-refractivity contribution in [2.24, 2.45) is 17.8 Å². The number of hydrogen-bond acceptors (Lipinski definition) is 9. The van der Waals surface area contributed by atoms with Gasteiger partial charge in [0.1, 0.15) is 18.5 Å². The Morgan fingerprint density at radius 3 is 2.32 bits per heavy atom. The van der Waals surface area contributed by atoms with Gasteiger partial charge in [0.05, 0.1) is 12.0 Å². The number of piperidine rings is 1. The Morgan fingerprint density at radius 1 is 0.980 bits per heavy atom. The molecule has 0 aromatic heterocycles. The lowest BCUT2D eigenvalue weighted by atomic mass is 9.79. The molecule has 5 atom stereocenters. The van der Waals surface area contributed by atoms with Gasteiger partial charge in [-0.3, -0.25) is 14.4 Å². The number of carbonyl (C=O) groups is 4. The second-order valence-corrected chi connectivity index (χ2v) is 14.3. The molecule has 276 valence electrons. The molecule has 11 nitrogen and oxygen atoms in total. The minimum absolute atomic E-state index is 0.0442. The maximum absolute atomic E-state index is 15.1. The van der Waals surface area contributed by atoms with Crippen molar-refractivity contribution >= 4 is 35.3 Å². The van der Waals surface area contributed by atoms with Crippen molar-refractivity contribution < 1.29 is 38.1 Å². The number of carbonyl (C=O) groups excluding carboxylic acids is 4. The number of likely N-dealkylation sites (N-methyl/N-ethyl adjacent to an activating group) is 1. The topological polar surface area (TPSA) is 120 Å². The van der Waals surface area contributed by atoms with Crippen LogP contribution in [-0.2, 0) is 23.9 Å². The first-order chi connectivity index (χ1) is 23.8. The number of Topliss-reactive ketones (excluding diaryl/α,β-unsaturated/α-hetero) is 2. The number of nitrogens with zero attached hydrogens (tertiary/aromatic N) is 4. The smallest absolute Gasteiger partial charge is 0.410 e. The quantitative estimate of drug-likeness (QED) is 0.331. The van der Waals surface area contributed by atoms with Gasteiger partial charge in [-0.05, 0) is 81.3 Å². The van der Waals surface area contributed by atoms with Crippen molar-refractivity contribution in [3.8, 4) is 0 Å². The van der Waals surface area contributed by atoms with Crippen LogP contribution >= 0.6 is 0 Å². The van der Waals surface area contributed by atoms with Gasteiger partial charge in [-0.25, -0.2) is 9.18 Å². The number of likely N-dealkylation sites (tertiary alicyclic amines) is 1. The van der Waals surface area contributed by atoms with E-state index in [1.54, 1.807) is 28.9 Å². The molecule has 0 bridgehead atoms. The normalized spacial score (nSPS) is 27.4. The van der Waals surface area contributed by atoms with E-state index in [4.69, 9.17) is 9.47 Å². The Morgan fingerprint density at radius 2 is 1.66 bits per heavy atom. The lowest BCUT2D eigenvalue weighted by Crippen LogP contribution is -2.48. The number of halogens is 1. The third kappa shape index (κ3) is 10.5. The third-order valence-electron chi connectivity index (χ3n) is 10.5. The summed E-state index contributed by atoms with van der Waals surface area (Å²) < 4.78 is 26.0. The third-order valence-corrected chi connectivity index (χ3v) is 10.5. The van der Waals surface area contributed by atoms with Crippen molar-refractivity contribution in [1.29, 1.82) is 0 Å². The Balaban J connectivity index is 1.56. The molecule has 50 heavy (non-hydrogen) atoms. The highest BCUT2D eigenvalue weighted by Crippen LogP contribution is 2.31. The summed E-state index contributed by atoms with van der Waals surface area (Å²) in [6.45, 7) is 9.45. The fourth-order valence-corrected chi connectivity index (χ4v) is 7.15. The molecule has 2 saturated heterocycles. The number of aliphatic hydroxyl groups excluding tert-OH is 1. The number of allylic oxidation sites excluding steroid dienone is 2. The van der Waals surface area contributed by atoms with Crippen LogP contribution in [0.3, 0.4) is 0 Å². The van der Waals surface area contributed by atoms with Gasteiger partial charge >= 0.3 is 6.09 Å². The molecule has 2 fully saturated rings. The van der Waals surface area contributed by atoms with Crippen molar-refractivity contribution in [3.63, 3.8) is 0 Å². The van der Waals surface area contributed by atoms with Crippen LogP contribution in [0, 0.1) is 23.6 Å². The highest BCUT2D eigenvalue weighted by atomic mass is 19.1. The number of benzene rings is 1. The number of piperazine rings is 1. The Bertz CT molecular complexity index is 1420. The molecule has 3 aliphatic rings. The van der Waals surface area contributed by atoms with E-state index < -0.39 is 47.5 Å². The molecule has 1 aromatic carbocycles. The molecule has 2 heterocycles. The second-order valence-electron chi connectivity index (χ2n) is 14.3. The average molecular weight is 699 g/mol. The Kier molecular flexibility index (Phi) is 14.1. The van der Waals surface area contributed by atoms with Crippen LogP contribution in [0.25, 0.3) is 6.08 Å². The van der Waals surface area contributed by atoms with E-state index in [9.17, 15) is 24.3 Å². The van der Waals surface area contributed by atoms with Crippen molar-refractivity contribution in [3.05, 3.63) is 47.3 Å². The number of methoxy groups -OCH3 is 1. The standard InChI is InChI=1S/C38H55FN4O7/c1-25-7-9-32(44)23-33(45)37(47)36(26(2)8-10-34(25)50-38(48)43-17-15-40(4)16-18-43)27(3)19-28-20-29(39)22-31(21-28)41(5)30-11-13-42(14-12-30)35(46)24-49-6/h8,10,19-22,25-26,30,32,34,36,44H,7,9,11-18,23-24H2,1-6H3/b10-8+,27-19+/t25-,26+,32+,34+,36+/m1/s1. The molecule has 0 saturated carbocycles. The van der Waals surface area contributed by atoms with Crippen LogP contribution in [0.15, 0.2) is 35.9 Å². The predicted molar refractivity (Wildman–Crippen MR) is 190 cm³/mol. The second kappa shape index (κ2) is 18.1. The number of aliphatic hydroxyl groups is 1. The maximum Gasteiger partial charge on any atom is 0.410 e. The highest BCUT2D eigenvalue weighted by molar-refractivity contribution is 6.38. The summed E-state index contributed by atoms with van der Waals surface area (Å²) in [5, 5.41) is 10.7. The summed E-state index contributed by atoms with van der Waals surface area (Å²) in [4.78, 5) is 59.9. The largest absolute Gasteiger partial charge is 0.442 e. The lowest BCUT2D eigenvalue weighted by molar-refractivity contribution is -0.140. The van der Waals surface area contributed by atoms with E-state index in [-0.39, 0.29) is 37.3 Å². The number of ketones is 2. The lowest BCUT2D eigenvalue weighted by Gasteiger charge is -2.38. The summed E-state index contributed by atoms with van der Waals surface area (Å²) in [6.07, 6.45) is 5.35. The minimum atomic E-state index is -1.00. The number of ether oxygens (including phenoxy) is 2. The van der Waals surface area contributed by atoms with Crippen LogP contribution in [0.4, 0.5) is 14.9 Å². The Labute approximate surface area is 296 Å². The molecule has 1 aliphatic carbocycles. The summed E-state index contributed by atoms with van der Waals surface area (Å²) in [6, 6.07) is 4.83. The molecular weight excluding hydrogens is 643 g/mol. The predicted octanol–water partition coefficient (Wildman–Crippen LogP) is 4.18. The molecule has 1 N–H and O–H groups in total. The van der Waals surface area contributed by atoms with Crippen LogP contribution in [0.2, 0.25) is 0 Å². The molecule has 0 spiro atoms. The van der Waals surface area contributed by atoms with E-state index in [1.165, 1.54) is 19.2 Å². The molecular formula is C38H55FN4O7. The van der Waals surface area contributed by atoms with Gasteiger partial charge < -0.3 is 34.2 Å². The minimum Gasteiger partial charge on any atom is -0.442 e. The molecule has 12 heteroatoms. The van der Waals surface area contributed by atoms with E-state index in [2.05, 4.69) is 4.90 Å². The highest BCUT2D eigenvalue weighted by Gasteiger charge is 2.34. The van der Waals surface area contributed by atoms with Gasteiger partial charge in [0.15, 0.2) is 0 Å². The summed E-state index contributed by atoms with van der Waals surface area (Å²) in [5.41, 5.74) is 1.80. The number of rotatable bonds is 7. The molecule has 0 radical (unpaired) electrons. The zero-order valence-corrected chi connectivity index (χ0v) is 30.5. The van der Waals surface area contributed by atoms with Crippen molar-refractivity contribution in [2.45, 2.75) is 71.1 Å². The zero-order chi connectivity index (χ0) is 36.5. The van der Waals surface area contributed by atoms with Crippen LogP contribution in [0.5, 0.6) is 0 Å². The summed E-state index contributed by atoms with van der Waals surface area (Å²) >= 11 is 0.